The summed E-state index contributed by atoms with van der Waals surface area (Å²) in [6.45, 7) is 10.3. The summed E-state index contributed by atoms with van der Waals surface area (Å²) >= 11 is 3.55. The maximum Gasteiger partial charge on any atom is 0.496 e. The van der Waals surface area contributed by atoms with E-state index >= 15 is 0 Å². The fourth-order valence-corrected chi connectivity index (χ4v) is 2.89. The van der Waals surface area contributed by atoms with Gasteiger partial charge in [0.25, 0.3) is 0 Å². The molecule has 0 saturated carbocycles. The second kappa shape index (κ2) is 4.80. The van der Waals surface area contributed by atoms with Crippen molar-refractivity contribution in [1.82, 2.24) is 4.98 Å². The number of fused-ring (bicyclic) bond motifs is 1. The quantitative estimate of drug-likeness (QED) is 0.738. The molecule has 0 bridgehead atoms. The van der Waals surface area contributed by atoms with E-state index in [0.29, 0.717) is 0 Å². The molecule has 0 N–H and O–H groups in total. The summed E-state index contributed by atoms with van der Waals surface area (Å²) in [6.07, 6.45) is 1.84. The Morgan fingerprint density at radius 3 is 2.33 bits per heavy atom. The number of aromatic nitrogens is 1. The largest absolute Gasteiger partial charge is 0.496 e. The van der Waals surface area contributed by atoms with Gasteiger partial charge in [0, 0.05) is 21.5 Å². The number of pyridine rings is 1. The highest BCUT2D eigenvalue weighted by atomic mass is 79.9. The molecule has 1 aliphatic heterocycles. The van der Waals surface area contributed by atoms with Crippen LogP contribution in [0.15, 0.2) is 28.9 Å². The van der Waals surface area contributed by atoms with Crippen LogP contribution in [0.1, 0.15) is 33.3 Å². The normalized spacial score (nSPS) is 20.2. The molecule has 0 atom stereocenters. The molecule has 0 amide bonds. The fraction of sp³-hybridized carbons (Fsp3) is 0.438. The Morgan fingerprint density at radius 2 is 1.71 bits per heavy atom. The summed E-state index contributed by atoms with van der Waals surface area (Å²) in [5.74, 6) is 0. The van der Waals surface area contributed by atoms with Crippen molar-refractivity contribution in [3.8, 4) is 0 Å². The van der Waals surface area contributed by atoms with Crippen LogP contribution in [0.2, 0.25) is 0 Å². The minimum absolute atomic E-state index is 0.334. The van der Waals surface area contributed by atoms with Crippen LogP contribution >= 0.6 is 15.9 Å². The second-order valence-electron chi connectivity index (χ2n) is 6.62. The van der Waals surface area contributed by atoms with E-state index in [4.69, 9.17) is 9.31 Å². The average Bonchev–Trinajstić information content (AvgIpc) is 2.63. The molecule has 3 rings (SSSR count). The molecule has 21 heavy (non-hydrogen) atoms. The Morgan fingerprint density at radius 1 is 1.10 bits per heavy atom. The number of aryl methyl sites for hydroxylation is 1. The molecule has 5 heteroatoms. The number of benzene rings is 1. The van der Waals surface area contributed by atoms with Crippen molar-refractivity contribution >= 4 is 39.4 Å². The molecule has 1 aromatic carbocycles. The summed E-state index contributed by atoms with van der Waals surface area (Å²) < 4.78 is 13.2. The summed E-state index contributed by atoms with van der Waals surface area (Å²) in [7, 11) is -0.370. The van der Waals surface area contributed by atoms with Crippen molar-refractivity contribution < 1.29 is 9.31 Å². The van der Waals surface area contributed by atoms with E-state index in [1.165, 1.54) is 5.56 Å². The van der Waals surface area contributed by atoms with Gasteiger partial charge in [-0.05, 0) is 62.2 Å². The minimum atomic E-state index is -0.370. The third-order valence-electron chi connectivity index (χ3n) is 4.56. The van der Waals surface area contributed by atoms with Crippen LogP contribution in [-0.4, -0.2) is 23.3 Å². The van der Waals surface area contributed by atoms with Crippen LogP contribution in [0.3, 0.4) is 0 Å². The number of nitrogens with zero attached hydrogens (tertiary/aromatic N) is 1. The lowest BCUT2D eigenvalue weighted by Crippen LogP contribution is -2.41. The third-order valence-corrected chi connectivity index (χ3v) is 5.20. The van der Waals surface area contributed by atoms with Crippen LogP contribution in [0.4, 0.5) is 0 Å². The highest BCUT2D eigenvalue weighted by molar-refractivity contribution is 9.10. The van der Waals surface area contributed by atoms with Gasteiger partial charge in [0.1, 0.15) is 0 Å². The van der Waals surface area contributed by atoms with Gasteiger partial charge in [0.05, 0.1) is 16.7 Å². The maximum atomic E-state index is 6.10. The summed E-state index contributed by atoms with van der Waals surface area (Å²) in [4.78, 5) is 4.57. The Hall–Kier alpha value is -0.905. The molecule has 1 aromatic heterocycles. The van der Waals surface area contributed by atoms with Crippen molar-refractivity contribution in [2.24, 2.45) is 0 Å². The van der Waals surface area contributed by atoms with Gasteiger partial charge >= 0.3 is 7.12 Å². The summed E-state index contributed by atoms with van der Waals surface area (Å²) in [5, 5.41) is 1.12. The molecule has 0 aliphatic carbocycles. The second-order valence-corrected chi connectivity index (χ2v) is 7.47. The first-order valence-electron chi connectivity index (χ1n) is 7.12. The first kappa shape index (κ1) is 15.0. The molecule has 1 aliphatic rings. The maximum absolute atomic E-state index is 6.10. The molecule has 0 radical (unpaired) electrons. The Labute approximate surface area is 134 Å². The number of hydrogen-bond acceptors (Lipinski definition) is 3. The van der Waals surface area contributed by atoms with E-state index in [-0.39, 0.29) is 18.3 Å². The molecule has 0 spiro atoms. The lowest BCUT2D eigenvalue weighted by Gasteiger charge is -2.32. The van der Waals surface area contributed by atoms with Crippen LogP contribution in [0.5, 0.6) is 0 Å². The minimum Gasteiger partial charge on any atom is -0.399 e. The number of halogens is 1. The molecule has 1 fully saturated rings. The molecule has 3 nitrogen and oxygen atoms in total. The predicted octanol–water partition coefficient (Wildman–Crippen LogP) is 3.60. The van der Waals surface area contributed by atoms with Crippen molar-refractivity contribution in [3.63, 3.8) is 0 Å². The third kappa shape index (κ3) is 2.41. The van der Waals surface area contributed by atoms with E-state index < -0.39 is 0 Å². The smallest absolute Gasteiger partial charge is 0.399 e. The van der Waals surface area contributed by atoms with Crippen LogP contribution in [0.25, 0.3) is 10.9 Å². The Balaban J connectivity index is 2.05. The first-order valence-corrected chi connectivity index (χ1v) is 7.91. The van der Waals surface area contributed by atoms with Gasteiger partial charge in [0.15, 0.2) is 0 Å². The lowest BCUT2D eigenvalue weighted by atomic mass is 9.79. The average molecular weight is 348 g/mol. The molecule has 1 saturated heterocycles. The van der Waals surface area contributed by atoms with E-state index in [9.17, 15) is 0 Å². The number of rotatable bonds is 1. The summed E-state index contributed by atoms with van der Waals surface area (Å²) in [6, 6.07) is 6.23. The van der Waals surface area contributed by atoms with Crippen molar-refractivity contribution in [2.75, 3.05) is 0 Å². The zero-order valence-electron chi connectivity index (χ0n) is 13.0. The van der Waals surface area contributed by atoms with Gasteiger partial charge < -0.3 is 9.31 Å². The Bertz CT molecular complexity index is 699. The predicted molar refractivity (Wildman–Crippen MR) is 89.9 cm³/mol. The zero-order valence-corrected chi connectivity index (χ0v) is 14.6. The van der Waals surface area contributed by atoms with Gasteiger partial charge in [0.2, 0.25) is 0 Å². The van der Waals surface area contributed by atoms with Crippen LogP contribution in [-0.2, 0) is 9.31 Å². The molecule has 110 valence electrons. The van der Waals surface area contributed by atoms with Crippen molar-refractivity contribution in [1.29, 1.82) is 0 Å². The van der Waals surface area contributed by atoms with Gasteiger partial charge in [-0.15, -0.1) is 0 Å². The molecule has 2 aromatic rings. The monoisotopic (exact) mass is 347 g/mol. The van der Waals surface area contributed by atoms with Gasteiger partial charge in [-0.25, -0.2) is 0 Å². The first-order chi connectivity index (χ1) is 9.71. The number of hydrogen-bond donors (Lipinski definition) is 0. The van der Waals surface area contributed by atoms with E-state index in [1.807, 2.05) is 12.3 Å². The Kier molecular flexibility index (Phi) is 3.43. The highest BCUT2D eigenvalue weighted by Gasteiger charge is 2.51. The van der Waals surface area contributed by atoms with Gasteiger partial charge in [-0.2, -0.15) is 0 Å². The SMILES string of the molecule is Cc1ccc(Br)c2ncc(B3OC(C)(C)C(C)(C)O3)cc12. The van der Waals surface area contributed by atoms with E-state index in [0.717, 1.165) is 20.8 Å². The topological polar surface area (TPSA) is 31.4 Å². The lowest BCUT2D eigenvalue weighted by molar-refractivity contribution is 0.00578. The van der Waals surface area contributed by atoms with E-state index in [2.05, 4.69) is 67.7 Å². The van der Waals surface area contributed by atoms with Crippen molar-refractivity contribution in [2.45, 2.75) is 45.8 Å². The molecular weight excluding hydrogens is 329 g/mol. The van der Waals surface area contributed by atoms with Gasteiger partial charge in [-0.3, -0.25) is 4.98 Å². The van der Waals surface area contributed by atoms with Gasteiger partial charge in [-0.1, -0.05) is 12.1 Å². The fourth-order valence-electron chi connectivity index (χ4n) is 2.45. The standard InChI is InChI=1S/C16H19BBrNO2/c1-10-6-7-13(18)14-12(10)8-11(9-19-14)17-20-15(2,3)16(4,5)21-17/h6-9H,1-5H3. The van der Waals surface area contributed by atoms with Crippen molar-refractivity contribution in [3.05, 3.63) is 34.4 Å². The van der Waals surface area contributed by atoms with E-state index in [1.54, 1.807) is 0 Å². The highest BCUT2D eigenvalue weighted by Crippen LogP contribution is 2.36. The zero-order chi connectivity index (χ0) is 15.4. The van der Waals surface area contributed by atoms with Crippen LogP contribution in [0, 0.1) is 6.92 Å². The van der Waals surface area contributed by atoms with Crippen LogP contribution < -0.4 is 5.46 Å². The molecular formula is C16H19BBrNO2. The summed E-state index contributed by atoms with van der Waals surface area (Å²) in [5.41, 5.74) is 2.45. The molecule has 2 heterocycles. The molecule has 0 unspecified atom stereocenters.